The number of oxime groups is 1. The number of rotatable bonds is 3. The lowest BCUT2D eigenvalue weighted by atomic mass is 9.72. The van der Waals surface area contributed by atoms with E-state index in [-0.39, 0.29) is 22.8 Å². The summed E-state index contributed by atoms with van der Waals surface area (Å²) in [7, 11) is 1.45. The van der Waals surface area contributed by atoms with Gasteiger partial charge in [-0.05, 0) is 28.1 Å². The van der Waals surface area contributed by atoms with Crippen molar-refractivity contribution in [2.24, 2.45) is 16.0 Å². The van der Waals surface area contributed by atoms with E-state index in [4.69, 9.17) is 14.3 Å². The Morgan fingerprint density at radius 1 is 1.13 bits per heavy atom. The lowest BCUT2D eigenvalue weighted by molar-refractivity contribution is -0.384. The molecule has 1 spiro atoms. The van der Waals surface area contributed by atoms with Crippen LogP contribution in [-0.2, 0) is 19.1 Å². The number of hydrogen-bond acceptors (Lipinski definition) is 7. The van der Waals surface area contributed by atoms with Crippen molar-refractivity contribution in [3.05, 3.63) is 62.9 Å². The molecule has 0 N–H and O–H groups in total. The van der Waals surface area contributed by atoms with E-state index in [1.54, 1.807) is 6.07 Å². The summed E-state index contributed by atoms with van der Waals surface area (Å²) in [6.07, 6.45) is 1.84. The minimum Gasteiger partial charge on any atom is -0.492 e. The van der Waals surface area contributed by atoms with Crippen LogP contribution in [0.2, 0.25) is 0 Å². The van der Waals surface area contributed by atoms with Gasteiger partial charge in [0.25, 0.3) is 17.4 Å². The van der Waals surface area contributed by atoms with Crippen LogP contribution < -0.4 is 0 Å². The Labute approximate surface area is 175 Å². The molecular formula is C22H26N2O6. The SMILES string of the molecule is COC1=C(C(C)(C)C)C=C(C(C)(C)C)C(=O)C12ON=C(c1cccc([N+](=O)[O-])c1)O2. The summed E-state index contributed by atoms with van der Waals surface area (Å²) < 4.78 is 11.6. The molecule has 0 saturated carbocycles. The first-order valence-electron chi connectivity index (χ1n) is 9.57. The number of ether oxygens (including phenoxy) is 2. The normalized spacial score (nSPS) is 21.8. The van der Waals surface area contributed by atoms with E-state index in [1.165, 1.54) is 25.3 Å². The van der Waals surface area contributed by atoms with Crippen molar-refractivity contribution in [1.82, 2.24) is 0 Å². The smallest absolute Gasteiger partial charge is 0.399 e. The van der Waals surface area contributed by atoms with Crippen LogP contribution in [0.15, 0.2) is 52.4 Å². The Bertz CT molecular complexity index is 1010. The van der Waals surface area contributed by atoms with Crippen LogP contribution in [0.4, 0.5) is 5.69 Å². The van der Waals surface area contributed by atoms with Crippen LogP contribution in [-0.4, -0.2) is 29.5 Å². The number of nitro groups is 1. The maximum absolute atomic E-state index is 13.6. The van der Waals surface area contributed by atoms with Gasteiger partial charge in [0.1, 0.15) is 0 Å². The highest BCUT2D eigenvalue weighted by atomic mass is 16.8. The maximum Gasteiger partial charge on any atom is 0.399 e. The van der Waals surface area contributed by atoms with E-state index in [0.717, 1.165) is 5.57 Å². The first-order chi connectivity index (χ1) is 13.8. The number of carbonyl (C=O) groups is 1. The van der Waals surface area contributed by atoms with Gasteiger partial charge in [-0.15, -0.1) is 0 Å². The molecule has 0 bridgehead atoms. The average Bonchev–Trinajstić information content (AvgIpc) is 3.08. The van der Waals surface area contributed by atoms with Crippen molar-refractivity contribution in [2.45, 2.75) is 47.3 Å². The Balaban J connectivity index is 2.14. The summed E-state index contributed by atoms with van der Waals surface area (Å²) in [4.78, 5) is 29.8. The van der Waals surface area contributed by atoms with Crippen molar-refractivity contribution in [3.8, 4) is 0 Å². The molecule has 0 radical (unpaired) electrons. The molecule has 1 aliphatic carbocycles. The second-order valence-corrected chi connectivity index (χ2v) is 9.35. The summed E-state index contributed by atoms with van der Waals surface area (Å²) in [5.74, 6) is -2.12. The van der Waals surface area contributed by atoms with Gasteiger partial charge in [0, 0.05) is 28.8 Å². The van der Waals surface area contributed by atoms with Crippen LogP contribution in [0.25, 0.3) is 0 Å². The minimum atomic E-state index is -1.91. The van der Waals surface area contributed by atoms with Crippen molar-refractivity contribution in [2.75, 3.05) is 7.11 Å². The van der Waals surface area contributed by atoms with Gasteiger partial charge in [-0.1, -0.05) is 47.6 Å². The third-order valence-electron chi connectivity index (χ3n) is 5.00. The van der Waals surface area contributed by atoms with Crippen LogP contribution in [0, 0.1) is 20.9 Å². The second kappa shape index (κ2) is 6.97. The lowest BCUT2D eigenvalue weighted by Gasteiger charge is -2.38. The molecule has 8 heteroatoms. The molecule has 1 aliphatic heterocycles. The molecule has 2 aliphatic rings. The zero-order valence-electron chi connectivity index (χ0n) is 18.2. The van der Waals surface area contributed by atoms with E-state index >= 15 is 0 Å². The molecule has 1 aromatic carbocycles. The van der Waals surface area contributed by atoms with Crippen molar-refractivity contribution in [1.29, 1.82) is 0 Å². The third-order valence-corrected chi connectivity index (χ3v) is 5.00. The molecule has 160 valence electrons. The fraction of sp³-hybridized carbons (Fsp3) is 0.455. The summed E-state index contributed by atoms with van der Waals surface area (Å²) in [6.45, 7) is 11.8. The highest BCUT2D eigenvalue weighted by molar-refractivity contribution is 6.09. The highest BCUT2D eigenvalue weighted by Gasteiger charge is 2.60. The van der Waals surface area contributed by atoms with Gasteiger partial charge in [-0.2, -0.15) is 0 Å². The van der Waals surface area contributed by atoms with Gasteiger partial charge in [-0.25, -0.2) is 0 Å². The molecular weight excluding hydrogens is 388 g/mol. The van der Waals surface area contributed by atoms with Crippen LogP contribution >= 0.6 is 0 Å². The Hall–Kier alpha value is -3.16. The number of methoxy groups -OCH3 is 1. The summed E-state index contributed by atoms with van der Waals surface area (Å²) in [5.41, 5.74) is 0.613. The van der Waals surface area contributed by atoms with Gasteiger partial charge in [-0.3, -0.25) is 14.9 Å². The van der Waals surface area contributed by atoms with E-state index in [0.29, 0.717) is 11.1 Å². The predicted molar refractivity (Wildman–Crippen MR) is 111 cm³/mol. The second-order valence-electron chi connectivity index (χ2n) is 9.35. The standard InChI is InChI=1S/C22H26N2O6/c1-20(2,3)15-12-16(21(4,5)6)18(28-7)22(17(15)25)29-19(23-30-22)13-9-8-10-14(11-13)24(26)27/h8-12H,1-7H3. The van der Waals surface area contributed by atoms with Crippen LogP contribution in [0.3, 0.4) is 0 Å². The zero-order valence-corrected chi connectivity index (χ0v) is 18.2. The monoisotopic (exact) mass is 414 g/mol. The molecule has 3 rings (SSSR count). The molecule has 1 unspecified atom stereocenters. The number of non-ortho nitro benzene ring substituents is 1. The van der Waals surface area contributed by atoms with E-state index in [9.17, 15) is 14.9 Å². The Morgan fingerprint density at radius 3 is 2.33 bits per heavy atom. The molecule has 0 aromatic heterocycles. The molecule has 1 aromatic rings. The number of nitrogens with zero attached hydrogens (tertiary/aromatic N) is 2. The Morgan fingerprint density at radius 2 is 1.80 bits per heavy atom. The lowest BCUT2D eigenvalue weighted by Crippen LogP contribution is -2.49. The maximum atomic E-state index is 13.6. The van der Waals surface area contributed by atoms with Crippen molar-refractivity contribution in [3.63, 3.8) is 0 Å². The molecule has 0 fully saturated rings. The van der Waals surface area contributed by atoms with Gasteiger partial charge >= 0.3 is 5.79 Å². The van der Waals surface area contributed by atoms with Gasteiger partial charge in [0.15, 0.2) is 5.76 Å². The molecule has 1 atom stereocenters. The van der Waals surface area contributed by atoms with Crippen LogP contribution in [0.1, 0.15) is 47.1 Å². The number of Topliss-reactive ketones (excluding diaryl/α,β-unsaturated/α-hetero) is 1. The average molecular weight is 414 g/mol. The molecule has 30 heavy (non-hydrogen) atoms. The summed E-state index contributed by atoms with van der Waals surface area (Å²) in [5, 5.41) is 15.1. The number of benzene rings is 1. The minimum absolute atomic E-state index is 0.0231. The molecule has 0 saturated heterocycles. The third kappa shape index (κ3) is 3.46. The number of allylic oxidation sites excluding steroid dienone is 2. The van der Waals surface area contributed by atoms with E-state index < -0.39 is 21.9 Å². The number of carbonyl (C=O) groups excluding carboxylic acids is 1. The van der Waals surface area contributed by atoms with Gasteiger partial charge in [0.05, 0.1) is 12.0 Å². The Kier molecular flexibility index (Phi) is 5.00. The summed E-state index contributed by atoms with van der Waals surface area (Å²) in [6, 6.07) is 5.79. The van der Waals surface area contributed by atoms with Gasteiger partial charge < -0.3 is 14.3 Å². The molecule has 8 nitrogen and oxygen atoms in total. The summed E-state index contributed by atoms with van der Waals surface area (Å²) >= 11 is 0. The molecule has 0 amide bonds. The van der Waals surface area contributed by atoms with Gasteiger partial charge in [0.2, 0.25) is 0 Å². The predicted octanol–water partition coefficient (Wildman–Crippen LogP) is 4.50. The fourth-order valence-electron chi connectivity index (χ4n) is 3.41. The number of nitro benzene ring substituents is 1. The topological polar surface area (TPSA) is 100 Å². The van der Waals surface area contributed by atoms with E-state index in [2.05, 4.69) is 5.16 Å². The number of hydrogen-bond donors (Lipinski definition) is 0. The quantitative estimate of drug-likeness (QED) is 0.533. The van der Waals surface area contributed by atoms with Crippen LogP contribution in [0.5, 0.6) is 0 Å². The first kappa shape index (κ1) is 21.5. The van der Waals surface area contributed by atoms with Crippen molar-refractivity contribution >= 4 is 17.4 Å². The molecule has 1 heterocycles. The fourth-order valence-corrected chi connectivity index (χ4v) is 3.41. The van der Waals surface area contributed by atoms with Crippen molar-refractivity contribution < 1.29 is 24.0 Å². The largest absolute Gasteiger partial charge is 0.492 e. The zero-order chi connectivity index (χ0) is 22.5. The van der Waals surface area contributed by atoms with E-state index in [1.807, 2.05) is 47.6 Å². The highest BCUT2D eigenvalue weighted by Crippen LogP contribution is 2.47. The number of ketones is 1. The first-order valence-corrected chi connectivity index (χ1v) is 9.57.